The molecule has 0 bridgehead atoms. The molecule has 0 unspecified atom stereocenters. The van der Waals surface area contributed by atoms with Gasteiger partial charge in [0.15, 0.2) is 0 Å². The number of thiazole rings is 1. The van der Waals surface area contributed by atoms with Crippen LogP contribution in [0.15, 0.2) is 66.0 Å². The zero-order chi connectivity index (χ0) is 14.9. The minimum absolute atomic E-state index is 0.517. The quantitative estimate of drug-likeness (QED) is 0.772. The molecule has 0 radical (unpaired) electrons. The maximum absolute atomic E-state index is 5.49. The summed E-state index contributed by atoms with van der Waals surface area (Å²) in [5.41, 5.74) is 9.02. The molecule has 3 rings (SSSR count). The van der Waals surface area contributed by atoms with Crippen molar-refractivity contribution in [3.63, 3.8) is 0 Å². The van der Waals surface area contributed by atoms with E-state index in [4.69, 9.17) is 5.73 Å². The van der Waals surface area contributed by atoms with Crippen LogP contribution >= 0.6 is 11.3 Å². The van der Waals surface area contributed by atoms with E-state index in [-0.39, 0.29) is 0 Å². The third-order valence-electron chi connectivity index (χ3n) is 3.03. The number of nitrogens with zero attached hydrogens (tertiary/aromatic N) is 1. The van der Waals surface area contributed by atoms with E-state index in [1.165, 1.54) is 5.56 Å². The number of benzene rings is 2. The Morgan fingerprint density at radius 2 is 1.57 bits per heavy atom. The summed E-state index contributed by atoms with van der Waals surface area (Å²) in [7, 11) is 0. The van der Waals surface area contributed by atoms with Gasteiger partial charge >= 0.3 is 0 Å². The highest BCUT2D eigenvalue weighted by Gasteiger charge is 2.01. The summed E-state index contributed by atoms with van der Waals surface area (Å²) in [4.78, 5) is 4.39. The van der Waals surface area contributed by atoms with E-state index in [0.29, 0.717) is 6.54 Å². The second-order valence-electron chi connectivity index (χ2n) is 4.55. The smallest absolute Gasteiger partial charge is 0.123 e. The van der Waals surface area contributed by atoms with Gasteiger partial charge in [0, 0.05) is 17.5 Å². The molecule has 3 aromatic rings. The molecule has 3 heteroatoms. The molecule has 0 aliphatic heterocycles. The van der Waals surface area contributed by atoms with Crippen molar-refractivity contribution in [2.75, 3.05) is 0 Å². The van der Waals surface area contributed by atoms with Crippen molar-refractivity contribution in [2.45, 2.75) is 19.9 Å². The van der Waals surface area contributed by atoms with Gasteiger partial charge in [0.05, 0.1) is 5.69 Å². The Balaban J connectivity index is 0.000000173. The maximum Gasteiger partial charge on any atom is 0.123 e. The number of hydrogen-bond acceptors (Lipinski definition) is 3. The van der Waals surface area contributed by atoms with Gasteiger partial charge in [-0.05, 0) is 12.0 Å². The molecule has 0 spiro atoms. The molecular weight excluding hydrogens is 276 g/mol. The summed E-state index contributed by atoms with van der Waals surface area (Å²) in [6.07, 6.45) is 1.14. The third kappa shape index (κ3) is 4.81. The SMILES string of the molecule is CCc1ccccc1.NCc1csc(-c2ccccc2)n1. The van der Waals surface area contributed by atoms with E-state index >= 15 is 0 Å². The molecule has 0 atom stereocenters. The van der Waals surface area contributed by atoms with Crippen molar-refractivity contribution >= 4 is 11.3 Å². The van der Waals surface area contributed by atoms with Crippen molar-refractivity contribution in [3.8, 4) is 10.6 Å². The molecule has 21 heavy (non-hydrogen) atoms. The van der Waals surface area contributed by atoms with Crippen LogP contribution in [0.3, 0.4) is 0 Å². The molecule has 0 saturated carbocycles. The molecular formula is C18H20N2S. The van der Waals surface area contributed by atoms with E-state index in [9.17, 15) is 0 Å². The van der Waals surface area contributed by atoms with Gasteiger partial charge in [-0.25, -0.2) is 4.98 Å². The molecule has 0 fully saturated rings. The summed E-state index contributed by atoms with van der Waals surface area (Å²) in [5.74, 6) is 0. The normalized spacial score (nSPS) is 9.81. The first-order chi connectivity index (χ1) is 10.3. The van der Waals surface area contributed by atoms with Crippen LogP contribution in [0.5, 0.6) is 0 Å². The van der Waals surface area contributed by atoms with Gasteiger partial charge in [0.1, 0.15) is 5.01 Å². The highest BCUT2D eigenvalue weighted by atomic mass is 32.1. The lowest BCUT2D eigenvalue weighted by Crippen LogP contribution is -1.95. The minimum atomic E-state index is 0.517. The Morgan fingerprint density at radius 1 is 0.952 bits per heavy atom. The van der Waals surface area contributed by atoms with Gasteiger partial charge in [0.2, 0.25) is 0 Å². The summed E-state index contributed by atoms with van der Waals surface area (Å²) >= 11 is 1.64. The monoisotopic (exact) mass is 296 g/mol. The van der Waals surface area contributed by atoms with Crippen LogP contribution in [0.2, 0.25) is 0 Å². The molecule has 0 aliphatic rings. The predicted octanol–water partition coefficient (Wildman–Crippen LogP) is 4.52. The van der Waals surface area contributed by atoms with Crippen LogP contribution in [0.1, 0.15) is 18.2 Å². The molecule has 0 amide bonds. The minimum Gasteiger partial charge on any atom is -0.325 e. The van der Waals surface area contributed by atoms with Gasteiger partial charge in [0.25, 0.3) is 0 Å². The molecule has 2 nitrogen and oxygen atoms in total. The number of aryl methyl sites for hydroxylation is 1. The molecule has 108 valence electrons. The number of rotatable bonds is 3. The fraction of sp³-hybridized carbons (Fsp3) is 0.167. The Labute approximate surface area is 130 Å². The zero-order valence-corrected chi connectivity index (χ0v) is 13.0. The topological polar surface area (TPSA) is 38.9 Å². The van der Waals surface area contributed by atoms with Crippen LogP contribution in [0.4, 0.5) is 0 Å². The lowest BCUT2D eigenvalue weighted by molar-refractivity contribution is 1.01. The van der Waals surface area contributed by atoms with E-state index in [1.807, 2.05) is 29.6 Å². The van der Waals surface area contributed by atoms with Gasteiger partial charge in [-0.2, -0.15) is 0 Å². The van der Waals surface area contributed by atoms with Gasteiger partial charge in [-0.1, -0.05) is 67.6 Å². The summed E-state index contributed by atoms with van der Waals surface area (Å²) < 4.78 is 0. The summed E-state index contributed by atoms with van der Waals surface area (Å²) in [6, 6.07) is 20.6. The number of nitrogens with two attached hydrogens (primary N) is 1. The molecule has 0 aliphatic carbocycles. The lowest BCUT2D eigenvalue weighted by atomic mass is 10.2. The van der Waals surface area contributed by atoms with Gasteiger partial charge in [-0.3, -0.25) is 0 Å². The largest absolute Gasteiger partial charge is 0.325 e. The van der Waals surface area contributed by atoms with Crippen molar-refractivity contribution in [1.82, 2.24) is 4.98 Å². The molecule has 1 heterocycles. The number of hydrogen-bond donors (Lipinski definition) is 1. The highest BCUT2D eigenvalue weighted by Crippen LogP contribution is 2.22. The van der Waals surface area contributed by atoms with Gasteiger partial charge in [-0.15, -0.1) is 11.3 Å². The lowest BCUT2D eigenvalue weighted by Gasteiger charge is -1.93. The average Bonchev–Trinajstić information content (AvgIpc) is 3.06. The third-order valence-corrected chi connectivity index (χ3v) is 3.97. The average molecular weight is 296 g/mol. The van der Waals surface area contributed by atoms with Crippen molar-refractivity contribution in [2.24, 2.45) is 5.73 Å². The first-order valence-corrected chi connectivity index (χ1v) is 7.95. The molecule has 1 aromatic heterocycles. The van der Waals surface area contributed by atoms with Crippen LogP contribution in [-0.2, 0) is 13.0 Å². The highest BCUT2D eigenvalue weighted by molar-refractivity contribution is 7.13. The van der Waals surface area contributed by atoms with Crippen LogP contribution in [-0.4, -0.2) is 4.98 Å². The second-order valence-corrected chi connectivity index (χ2v) is 5.41. The van der Waals surface area contributed by atoms with E-state index in [0.717, 1.165) is 22.7 Å². The first kappa shape index (κ1) is 15.4. The predicted molar refractivity (Wildman–Crippen MR) is 91.3 cm³/mol. The Bertz CT molecular complexity index is 633. The van der Waals surface area contributed by atoms with Crippen LogP contribution in [0, 0.1) is 0 Å². The molecule has 2 aromatic carbocycles. The van der Waals surface area contributed by atoms with E-state index in [2.05, 4.69) is 48.3 Å². The Kier molecular flexibility index (Phi) is 6.13. The molecule has 0 saturated heterocycles. The fourth-order valence-corrected chi connectivity index (χ4v) is 2.67. The summed E-state index contributed by atoms with van der Waals surface area (Å²) in [6.45, 7) is 2.68. The van der Waals surface area contributed by atoms with E-state index < -0.39 is 0 Å². The van der Waals surface area contributed by atoms with Crippen molar-refractivity contribution in [1.29, 1.82) is 0 Å². The maximum atomic E-state index is 5.49. The van der Waals surface area contributed by atoms with Crippen molar-refractivity contribution < 1.29 is 0 Å². The standard InChI is InChI=1S/C10H10N2S.C8H10/c11-6-9-7-13-10(12-9)8-4-2-1-3-5-8;1-2-8-6-4-3-5-7-8/h1-5,7H,6,11H2;3-7H,2H2,1H3. The number of aromatic nitrogens is 1. The van der Waals surface area contributed by atoms with E-state index in [1.54, 1.807) is 11.3 Å². The second kappa shape index (κ2) is 8.35. The Hall–Kier alpha value is -1.97. The van der Waals surface area contributed by atoms with Crippen LogP contribution < -0.4 is 5.73 Å². The molecule has 2 N–H and O–H groups in total. The fourth-order valence-electron chi connectivity index (χ4n) is 1.83. The Morgan fingerprint density at radius 3 is 2.05 bits per heavy atom. The van der Waals surface area contributed by atoms with Gasteiger partial charge < -0.3 is 5.73 Å². The first-order valence-electron chi connectivity index (χ1n) is 7.07. The summed E-state index contributed by atoms with van der Waals surface area (Å²) in [5, 5.41) is 3.04. The van der Waals surface area contributed by atoms with Crippen LogP contribution in [0.25, 0.3) is 10.6 Å². The zero-order valence-electron chi connectivity index (χ0n) is 12.2. The van der Waals surface area contributed by atoms with Crippen molar-refractivity contribution in [3.05, 3.63) is 77.3 Å².